The maximum absolute atomic E-state index is 12.6. The number of thiophene rings is 1. The van der Waals surface area contributed by atoms with Crippen molar-refractivity contribution in [2.45, 2.75) is 19.3 Å². The normalized spacial score (nSPS) is 14.1. The van der Waals surface area contributed by atoms with Gasteiger partial charge in [0.05, 0.1) is 27.5 Å². The van der Waals surface area contributed by atoms with Gasteiger partial charge in [-0.05, 0) is 36.4 Å². The Morgan fingerprint density at radius 2 is 2.00 bits per heavy atom. The molecule has 0 spiro atoms. The van der Waals surface area contributed by atoms with Gasteiger partial charge in [-0.1, -0.05) is 18.2 Å². The molecule has 1 aliphatic carbocycles. The largest absolute Gasteiger partial charge is 0.335 e. The fourth-order valence-corrected chi connectivity index (χ4v) is 3.88. The fourth-order valence-electron chi connectivity index (χ4n) is 3.18. The predicted molar refractivity (Wildman–Crippen MR) is 91.4 cm³/mol. The summed E-state index contributed by atoms with van der Waals surface area (Å²) in [6, 6.07) is 12.2. The van der Waals surface area contributed by atoms with Crippen molar-refractivity contribution in [2.24, 2.45) is 0 Å². The number of pyridine rings is 1. The summed E-state index contributed by atoms with van der Waals surface area (Å²) in [7, 11) is 2.04. The third-order valence-electron chi connectivity index (χ3n) is 4.21. The van der Waals surface area contributed by atoms with Gasteiger partial charge in [-0.2, -0.15) is 0 Å². The van der Waals surface area contributed by atoms with Gasteiger partial charge in [-0.25, -0.2) is 0 Å². The van der Waals surface area contributed by atoms with E-state index >= 15 is 0 Å². The van der Waals surface area contributed by atoms with E-state index in [1.165, 1.54) is 0 Å². The van der Waals surface area contributed by atoms with E-state index in [9.17, 15) is 4.79 Å². The molecule has 1 aromatic carbocycles. The van der Waals surface area contributed by atoms with Crippen LogP contribution in [0.3, 0.4) is 0 Å². The molecule has 0 atom stereocenters. The first kappa shape index (κ1) is 13.5. The van der Waals surface area contributed by atoms with E-state index in [1.54, 1.807) is 11.3 Å². The minimum atomic E-state index is 0.220. The molecule has 2 heterocycles. The topological polar surface area (TPSA) is 33.2 Å². The Labute approximate surface area is 133 Å². The minimum Gasteiger partial charge on any atom is -0.335 e. The van der Waals surface area contributed by atoms with Crippen LogP contribution in [0.2, 0.25) is 0 Å². The molecule has 1 aliphatic rings. The van der Waals surface area contributed by atoms with Crippen molar-refractivity contribution in [1.29, 1.82) is 0 Å². The average molecular weight is 308 g/mol. The van der Waals surface area contributed by atoms with Gasteiger partial charge in [-0.3, -0.25) is 9.78 Å². The highest BCUT2D eigenvalue weighted by molar-refractivity contribution is 7.14. The van der Waals surface area contributed by atoms with E-state index in [4.69, 9.17) is 4.98 Å². The van der Waals surface area contributed by atoms with Crippen LogP contribution in [-0.4, -0.2) is 17.8 Å². The van der Waals surface area contributed by atoms with E-state index in [0.29, 0.717) is 6.42 Å². The summed E-state index contributed by atoms with van der Waals surface area (Å²) in [4.78, 5) is 19.4. The Morgan fingerprint density at radius 1 is 1.14 bits per heavy atom. The van der Waals surface area contributed by atoms with E-state index < -0.39 is 0 Å². The van der Waals surface area contributed by atoms with Crippen molar-refractivity contribution in [2.75, 3.05) is 11.9 Å². The Bertz CT molecular complexity index is 855. The summed E-state index contributed by atoms with van der Waals surface area (Å²) in [5, 5.41) is 4.24. The minimum absolute atomic E-state index is 0.220. The molecule has 0 unspecified atom stereocenters. The summed E-state index contributed by atoms with van der Waals surface area (Å²) in [6.07, 6.45) is 2.41. The van der Waals surface area contributed by atoms with Crippen molar-refractivity contribution in [3.05, 3.63) is 53.0 Å². The first-order valence-corrected chi connectivity index (χ1v) is 8.36. The highest BCUT2D eigenvalue weighted by Gasteiger charge is 2.26. The van der Waals surface area contributed by atoms with Gasteiger partial charge < -0.3 is 4.90 Å². The Kier molecular flexibility index (Phi) is 3.19. The maximum atomic E-state index is 12.6. The molecule has 110 valence electrons. The van der Waals surface area contributed by atoms with Gasteiger partial charge >= 0.3 is 0 Å². The lowest BCUT2D eigenvalue weighted by molar-refractivity contribution is 0.0972. The lowest BCUT2D eigenvalue weighted by Gasteiger charge is -2.26. The summed E-state index contributed by atoms with van der Waals surface area (Å²) in [6.45, 7) is 0. The van der Waals surface area contributed by atoms with Gasteiger partial charge in [0.2, 0.25) is 0 Å². The quantitative estimate of drug-likeness (QED) is 0.694. The molecular weight excluding hydrogens is 292 g/mol. The number of aromatic nitrogens is 1. The molecule has 3 nitrogen and oxygen atoms in total. The molecule has 0 radical (unpaired) electrons. The van der Waals surface area contributed by atoms with E-state index in [1.807, 2.05) is 31.3 Å². The van der Waals surface area contributed by atoms with Crippen molar-refractivity contribution >= 4 is 38.7 Å². The average Bonchev–Trinajstić information content (AvgIpc) is 3.07. The third-order valence-corrected chi connectivity index (χ3v) is 5.15. The van der Waals surface area contributed by atoms with Crippen molar-refractivity contribution in [1.82, 2.24) is 4.98 Å². The van der Waals surface area contributed by atoms with E-state index in [2.05, 4.69) is 22.4 Å². The second kappa shape index (κ2) is 5.21. The molecule has 3 aromatic rings. The summed E-state index contributed by atoms with van der Waals surface area (Å²) < 4.78 is 0. The predicted octanol–water partition coefficient (Wildman–Crippen LogP) is 4.58. The number of Topliss-reactive ketones (excluding diaryl/α,β-unsaturated/α-hetero) is 1. The number of benzene rings is 1. The van der Waals surface area contributed by atoms with Crippen molar-refractivity contribution in [3.8, 4) is 0 Å². The molecular formula is C18H16N2OS. The van der Waals surface area contributed by atoms with Crippen molar-refractivity contribution in [3.63, 3.8) is 0 Å². The van der Waals surface area contributed by atoms with Crippen LogP contribution in [0.5, 0.6) is 0 Å². The monoisotopic (exact) mass is 308 g/mol. The number of carbonyl (C=O) groups is 1. The van der Waals surface area contributed by atoms with Crippen LogP contribution in [0, 0.1) is 0 Å². The number of rotatable bonds is 2. The number of anilines is 2. The smallest absolute Gasteiger partial charge is 0.166 e. The number of fused-ring (bicyclic) bond motifs is 2. The van der Waals surface area contributed by atoms with Gasteiger partial charge in [0.15, 0.2) is 5.78 Å². The molecule has 2 aromatic heterocycles. The summed E-state index contributed by atoms with van der Waals surface area (Å²) in [5.41, 5.74) is 3.75. The Morgan fingerprint density at radius 3 is 2.82 bits per heavy atom. The van der Waals surface area contributed by atoms with Gasteiger partial charge in [0.25, 0.3) is 0 Å². The zero-order valence-corrected chi connectivity index (χ0v) is 13.2. The fraction of sp³-hybridized carbons (Fsp3) is 0.222. The maximum Gasteiger partial charge on any atom is 0.166 e. The lowest BCUT2D eigenvalue weighted by atomic mass is 9.91. The van der Waals surface area contributed by atoms with Gasteiger partial charge in [0.1, 0.15) is 0 Å². The molecule has 4 heteroatoms. The molecule has 0 bridgehead atoms. The van der Waals surface area contributed by atoms with Crippen LogP contribution in [0.15, 0.2) is 41.8 Å². The van der Waals surface area contributed by atoms with E-state index in [0.717, 1.165) is 45.7 Å². The van der Waals surface area contributed by atoms with Crippen LogP contribution < -0.4 is 4.90 Å². The number of aryl methyl sites for hydroxylation is 1. The lowest BCUT2D eigenvalue weighted by Crippen LogP contribution is -2.20. The first-order chi connectivity index (χ1) is 10.8. The second-order valence-corrected chi connectivity index (χ2v) is 6.51. The summed E-state index contributed by atoms with van der Waals surface area (Å²) >= 11 is 1.68. The number of carbonyl (C=O) groups excluding carboxylic acids is 1. The molecule has 0 saturated carbocycles. The molecule has 0 saturated heterocycles. The van der Waals surface area contributed by atoms with Crippen LogP contribution in [0.4, 0.5) is 10.7 Å². The van der Waals surface area contributed by atoms with Gasteiger partial charge in [-0.15, -0.1) is 11.3 Å². The number of hydrogen-bond acceptors (Lipinski definition) is 4. The van der Waals surface area contributed by atoms with Gasteiger partial charge in [0, 0.05) is 18.9 Å². The number of nitrogens with zero attached hydrogens (tertiary/aromatic N) is 2. The molecule has 0 aliphatic heterocycles. The van der Waals surface area contributed by atoms with Crippen LogP contribution in [0.1, 0.15) is 28.9 Å². The van der Waals surface area contributed by atoms with Crippen LogP contribution in [0.25, 0.3) is 10.9 Å². The molecule has 4 rings (SSSR count). The highest BCUT2D eigenvalue weighted by Crippen LogP contribution is 2.39. The van der Waals surface area contributed by atoms with Crippen LogP contribution in [-0.2, 0) is 6.42 Å². The molecule has 0 amide bonds. The first-order valence-electron chi connectivity index (χ1n) is 7.48. The Hall–Kier alpha value is -2.20. The van der Waals surface area contributed by atoms with E-state index in [-0.39, 0.29) is 5.78 Å². The molecule has 22 heavy (non-hydrogen) atoms. The SMILES string of the molecule is CN(c1cccs1)c1c2c(nc3ccccc13)CCCC2=O. The third kappa shape index (κ3) is 2.03. The zero-order chi connectivity index (χ0) is 15.1. The number of ketones is 1. The summed E-state index contributed by atoms with van der Waals surface area (Å²) in [5.74, 6) is 0.220. The Balaban J connectivity index is 2.05. The van der Waals surface area contributed by atoms with Crippen LogP contribution >= 0.6 is 11.3 Å². The number of para-hydroxylation sites is 1. The highest BCUT2D eigenvalue weighted by atomic mass is 32.1. The standard InChI is InChI=1S/C18H16N2OS/c1-20(16-10-5-11-22-16)18-12-6-2-3-7-13(12)19-14-8-4-9-15(21)17(14)18/h2-3,5-7,10-11H,4,8-9H2,1H3. The zero-order valence-electron chi connectivity index (χ0n) is 12.4. The number of hydrogen-bond donors (Lipinski definition) is 0. The second-order valence-electron chi connectivity index (χ2n) is 5.59. The molecule has 0 fully saturated rings. The molecule has 0 N–H and O–H groups in total. The van der Waals surface area contributed by atoms with Crippen molar-refractivity contribution < 1.29 is 4.79 Å².